The average molecular weight is 250 g/mol. The third kappa shape index (κ3) is 4.88. The molecule has 0 aliphatic rings. The van der Waals surface area contributed by atoms with E-state index in [-0.39, 0.29) is 12.1 Å². The molecule has 0 heterocycles. The first-order valence-corrected chi connectivity index (χ1v) is 6.29. The van der Waals surface area contributed by atoms with Crippen LogP contribution in [0.15, 0.2) is 24.3 Å². The second-order valence-electron chi connectivity index (χ2n) is 4.98. The van der Waals surface area contributed by atoms with E-state index in [1.165, 1.54) is 0 Å². The number of esters is 1. The Labute approximate surface area is 109 Å². The van der Waals surface area contributed by atoms with Gasteiger partial charge in [-0.25, -0.2) is 4.79 Å². The largest absolute Gasteiger partial charge is 0.456 e. The van der Waals surface area contributed by atoms with Gasteiger partial charge >= 0.3 is 5.97 Å². The average Bonchev–Trinajstić information content (AvgIpc) is 2.29. The standard InChI is InChI=1S/C15H22O3/c1-11(2)9-14(10-17-4)18-15(16)13-7-5-12(3)6-8-13/h5-8,11,14H,9-10H2,1-4H3. The van der Waals surface area contributed by atoms with E-state index in [9.17, 15) is 4.79 Å². The van der Waals surface area contributed by atoms with E-state index in [2.05, 4.69) is 13.8 Å². The molecule has 0 saturated heterocycles. The van der Waals surface area contributed by atoms with E-state index < -0.39 is 0 Å². The molecule has 1 unspecified atom stereocenters. The molecule has 3 heteroatoms. The van der Waals surface area contributed by atoms with Crippen LogP contribution in [0.2, 0.25) is 0 Å². The molecule has 3 nitrogen and oxygen atoms in total. The molecule has 0 saturated carbocycles. The number of methoxy groups -OCH3 is 1. The van der Waals surface area contributed by atoms with Crippen molar-refractivity contribution in [2.45, 2.75) is 33.3 Å². The molecule has 0 bridgehead atoms. The van der Waals surface area contributed by atoms with Crippen LogP contribution in [0.4, 0.5) is 0 Å². The van der Waals surface area contributed by atoms with Crippen molar-refractivity contribution in [2.75, 3.05) is 13.7 Å². The van der Waals surface area contributed by atoms with Crippen molar-refractivity contribution in [3.8, 4) is 0 Å². The zero-order chi connectivity index (χ0) is 13.5. The highest BCUT2D eigenvalue weighted by atomic mass is 16.6. The number of rotatable bonds is 6. The number of hydrogen-bond donors (Lipinski definition) is 0. The topological polar surface area (TPSA) is 35.5 Å². The molecule has 0 fully saturated rings. The molecule has 0 amide bonds. The predicted octanol–water partition coefficient (Wildman–Crippen LogP) is 3.21. The zero-order valence-corrected chi connectivity index (χ0v) is 11.6. The highest BCUT2D eigenvalue weighted by Crippen LogP contribution is 2.12. The number of carbonyl (C=O) groups is 1. The Hall–Kier alpha value is -1.35. The molecule has 1 aromatic carbocycles. The minimum atomic E-state index is -0.280. The van der Waals surface area contributed by atoms with Crippen LogP contribution in [0.5, 0.6) is 0 Å². The molecule has 0 N–H and O–H groups in total. The fourth-order valence-corrected chi connectivity index (χ4v) is 1.77. The van der Waals surface area contributed by atoms with E-state index >= 15 is 0 Å². The van der Waals surface area contributed by atoms with Gasteiger partial charge in [-0.15, -0.1) is 0 Å². The lowest BCUT2D eigenvalue weighted by atomic mass is 10.1. The summed E-state index contributed by atoms with van der Waals surface area (Å²) in [7, 11) is 1.62. The van der Waals surface area contributed by atoms with Crippen molar-refractivity contribution in [1.82, 2.24) is 0 Å². The summed E-state index contributed by atoms with van der Waals surface area (Å²) < 4.78 is 10.5. The molecule has 0 aliphatic carbocycles. The lowest BCUT2D eigenvalue weighted by molar-refractivity contribution is -0.000678. The molecule has 1 atom stereocenters. The molecule has 1 aromatic rings. The fourth-order valence-electron chi connectivity index (χ4n) is 1.77. The number of benzene rings is 1. The van der Waals surface area contributed by atoms with Crippen molar-refractivity contribution >= 4 is 5.97 Å². The lowest BCUT2D eigenvalue weighted by Gasteiger charge is -2.19. The molecule has 0 aliphatic heterocycles. The number of carbonyl (C=O) groups excluding carboxylic acids is 1. The quantitative estimate of drug-likeness (QED) is 0.727. The summed E-state index contributed by atoms with van der Waals surface area (Å²) in [5, 5.41) is 0. The van der Waals surface area contributed by atoms with Crippen molar-refractivity contribution in [1.29, 1.82) is 0 Å². The Balaban J connectivity index is 2.62. The molecule has 1 rings (SSSR count). The Kier molecular flexibility index (Phi) is 5.86. The van der Waals surface area contributed by atoms with Gasteiger partial charge in [0.05, 0.1) is 12.2 Å². The van der Waals surface area contributed by atoms with Crippen LogP contribution >= 0.6 is 0 Å². The maximum absolute atomic E-state index is 11.9. The minimum absolute atomic E-state index is 0.177. The summed E-state index contributed by atoms with van der Waals surface area (Å²) in [6.45, 7) is 6.63. The van der Waals surface area contributed by atoms with Crippen molar-refractivity contribution in [3.05, 3.63) is 35.4 Å². The van der Waals surface area contributed by atoms with Gasteiger partial charge in [0.1, 0.15) is 6.10 Å². The maximum Gasteiger partial charge on any atom is 0.338 e. The summed E-state index contributed by atoms with van der Waals surface area (Å²) in [5.41, 5.74) is 1.72. The van der Waals surface area contributed by atoms with Crippen LogP contribution in [0, 0.1) is 12.8 Å². The molecule has 0 spiro atoms. The van der Waals surface area contributed by atoms with Gasteiger partial charge in [-0.2, -0.15) is 0 Å². The third-order valence-electron chi connectivity index (χ3n) is 2.65. The molecule has 0 aromatic heterocycles. The van der Waals surface area contributed by atoms with Crippen LogP contribution in [0.1, 0.15) is 36.2 Å². The van der Waals surface area contributed by atoms with Crippen molar-refractivity contribution < 1.29 is 14.3 Å². The van der Waals surface area contributed by atoms with Gasteiger partial charge in [0, 0.05) is 7.11 Å². The summed E-state index contributed by atoms with van der Waals surface area (Å²) in [6.07, 6.45) is 0.634. The minimum Gasteiger partial charge on any atom is -0.456 e. The molecule has 100 valence electrons. The molecule has 0 radical (unpaired) electrons. The first-order chi connectivity index (χ1) is 8.52. The smallest absolute Gasteiger partial charge is 0.338 e. The summed E-state index contributed by atoms with van der Waals surface area (Å²) in [4.78, 5) is 11.9. The van der Waals surface area contributed by atoms with Crippen LogP contribution in [0.3, 0.4) is 0 Å². The third-order valence-corrected chi connectivity index (χ3v) is 2.65. The normalized spacial score (nSPS) is 12.5. The van der Waals surface area contributed by atoms with Crippen LogP contribution in [0.25, 0.3) is 0 Å². The number of ether oxygens (including phenoxy) is 2. The van der Waals surface area contributed by atoms with Crippen LogP contribution in [-0.2, 0) is 9.47 Å². The predicted molar refractivity (Wildman–Crippen MR) is 71.7 cm³/mol. The van der Waals surface area contributed by atoms with E-state index in [4.69, 9.17) is 9.47 Å². The molecule has 18 heavy (non-hydrogen) atoms. The second kappa shape index (κ2) is 7.17. The van der Waals surface area contributed by atoms with Crippen molar-refractivity contribution in [2.24, 2.45) is 5.92 Å². The van der Waals surface area contributed by atoms with E-state index in [1.807, 2.05) is 19.1 Å². The summed E-state index contributed by atoms with van der Waals surface area (Å²) >= 11 is 0. The Bertz CT molecular complexity index is 368. The summed E-state index contributed by atoms with van der Waals surface area (Å²) in [6, 6.07) is 7.39. The monoisotopic (exact) mass is 250 g/mol. The second-order valence-corrected chi connectivity index (χ2v) is 4.98. The fraction of sp³-hybridized carbons (Fsp3) is 0.533. The van der Waals surface area contributed by atoms with Gasteiger partial charge < -0.3 is 9.47 Å². The van der Waals surface area contributed by atoms with Gasteiger partial charge in [0.25, 0.3) is 0 Å². The first kappa shape index (κ1) is 14.7. The van der Waals surface area contributed by atoms with Crippen LogP contribution < -0.4 is 0 Å². The Morgan fingerprint density at radius 3 is 2.33 bits per heavy atom. The SMILES string of the molecule is COCC(CC(C)C)OC(=O)c1ccc(C)cc1. The van der Waals surface area contributed by atoms with E-state index in [0.29, 0.717) is 18.1 Å². The van der Waals surface area contributed by atoms with Gasteiger partial charge in [-0.05, 0) is 31.4 Å². The highest BCUT2D eigenvalue weighted by molar-refractivity contribution is 5.89. The van der Waals surface area contributed by atoms with Gasteiger partial charge in [0.15, 0.2) is 0 Å². The number of hydrogen-bond acceptors (Lipinski definition) is 3. The zero-order valence-electron chi connectivity index (χ0n) is 11.6. The highest BCUT2D eigenvalue weighted by Gasteiger charge is 2.17. The maximum atomic E-state index is 11.9. The van der Waals surface area contributed by atoms with Gasteiger partial charge in [-0.3, -0.25) is 0 Å². The molecular weight excluding hydrogens is 228 g/mol. The first-order valence-electron chi connectivity index (χ1n) is 6.29. The van der Waals surface area contributed by atoms with Gasteiger partial charge in [-0.1, -0.05) is 31.5 Å². The van der Waals surface area contributed by atoms with Gasteiger partial charge in [0.2, 0.25) is 0 Å². The van der Waals surface area contributed by atoms with Crippen LogP contribution in [-0.4, -0.2) is 25.8 Å². The Morgan fingerprint density at radius 2 is 1.83 bits per heavy atom. The van der Waals surface area contributed by atoms with Crippen molar-refractivity contribution in [3.63, 3.8) is 0 Å². The van der Waals surface area contributed by atoms with E-state index in [0.717, 1.165) is 12.0 Å². The Morgan fingerprint density at radius 1 is 1.22 bits per heavy atom. The molecular formula is C15H22O3. The lowest BCUT2D eigenvalue weighted by Crippen LogP contribution is -2.24. The number of aryl methyl sites for hydroxylation is 1. The summed E-state index contributed by atoms with van der Waals surface area (Å²) in [5.74, 6) is 0.189. The van der Waals surface area contributed by atoms with E-state index in [1.54, 1.807) is 19.2 Å².